The summed E-state index contributed by atoms with van der Waals surface area (Å²) in [6.45, 7) is 3.96. The summed E-state index contributed by atoms with van der Waals surface area (Å²) in [5.74, 6) is 1.46. The molecule has 1 aromatic carbocycles. The molecule has 3 aromatic rings. The van der Waals surface area contributed by atoms with Crippen LogP contribution in [0.25, 0.3) is 5.65 Å². The molecule has 0 atom stereocenters. The zero-order valence-corrected chi connectivity index (χ0v) is 18.0. The quantitative estimate of drug-likeness (QED) is 0.624. The number of nitrogens with zero attached hydrogens (tertiary/aromatic N) is 3. The van der Waals surface area contributed by atoms with E-state index in [1.807, 2.05) is 19.1 Å². The minimum Gasteiger partial charge on any atom is -0.493 e. The predicted molar refractivity (Wildman–Crippen MR) is 114 cm³/mol. The maximum atomic E-state index is 12.6. The molecule has 0 radical (unpaired) electrons. The predicted octanol–water partition coefficient (Wildman–Crippen LogP) is 3.89. The first kappa shape index (κ1) is 20.0. The number of halogens is 2. The maximum Gasteiger partial charge on any atom is 0.258 e. The van der Waals surface area contributed by atoms with Gasteiger partial charge in [0.25, 0.3) is 5.56 Å². The average Bonchev–Trinajstić information content (AvgIpc) is 2.72. The molecule has 0 fully saturated rings. The summed E-state index contributed by atoms with van der Waals surface area (Å²) in [5.41, 5.74) is 4.07. The first-order valence-electron chi connectivity index (χ1n) is 9.24. The van der Waals surface area contributed by atoms with Crippen molar-refractivity contribution in [2.24, 2.45) is 0 Å². The number of hydrogen-bond acceptors (Lipinski definition) is 5. The van der Waals surface area contributed by atoms with Gasteiger partial charge in [-0.2, -0.15) is 0 Å². The molecule has 0 bridgehead atoms. The molecule has 0 spiro atoms. The van der Waals surface area contributed by atoms with Gasteiger partial charge in [0, 0.05) is 31.9 Å². The number of methoxy groups -OCH3 is 2. The molecule has 1 aliphatic rings. The molecule has 0 unspecified atom stereocenters. The van der Waals surface area contributed by atoms with E-state index >= 15 is 0 Å². The molecule has 0 amide bonds. The SMILES string of the molecule is COc1cc2c(cc1OC)CN(Cc1cc(=O)n3cc(Cl)c(C)c(Cl)c3n1)CC2. The summed E-state index contributed by atoms with van der Waals surface area (Å²) >= 11 is 12.6. The number of benzene rings is 1. The fraction of sp³-hybridized carbons (Fsp3) is 0.333. The second-order valence-corrected chi connectivity index (χ2v) is 7.92. The van der Waals surface area contributed by atoms with Gasteiger partial charge in [-0.1, -0.05) is 23.2 Å². The van der Waals surface area contributed by atoms with Crippen LogP contribution in [0.5, 0.6) is 11.5 Å². The van der Waals surface area contributed by atoms with Crippen molar-refractivity contribution in [1.82, 2.24) is 14.3 Å². The van der Waals surface area contributed by atoms with Crippen molar-refractivity contribution in [3.05, 3.63) is 67.2 Å². The van der Waals surface area contributed by atoms with E-state index < -0.39 is 0 Å². The molecule has 0 saturated carbocycles. The summed E-state index contributed by atoms with van der Waals surface area (Å²) in [6, 6.07) is 5.60. The molecular weight excluding hydrogens is 413 g/mol. The number of rotatable bonds is 4. The molecule has 0 aliphatic carbocycles. The number of fused-ring (bicyclic) bond motifs is 2. The van der Waals surface area contributed by atoms with Crippen molar-refractivity contribution in [2.45, 2.75) is 26.4 Å². The van der Waals surface area contributed by atoms with Crippen molar-refractivity contribution in [3.63, 3.8) is 0 Å². The van der Waals surface area contributed by atoms with Crippen molar-refractivity contribution < 1.29 is 9.47 Å². The topological polar surface area (TPSA) is 56.1 Å². The molecular formula is C21H21Cl2N3O3. The third kappa shape index (κ3) is 3.68. The van der Waals surface area contributed by atoms with E-state index in [-0.39, 0.29) is 5.56 Å². The second kappa shape index (κ2) is 7.86. The molecule has 152 valence electrons. The standard InChI is InChI=1S/C21H21Cl2N3O3/c1-12-16(22)11-26-19(27)8-15(24-21(26)20(12)23)10-25-5-4-13-6-17(28-2)18(29-3)7-14(13)9-25/h6-8,11H,4-5,9-10H2,1-3H3. The van der Waals surface area contributed by atoms with E-state index in [1.165, 1.54) is 15.5 Å². The number of ether oxygens (including phenoxy) is 2. The van der Waals surface area contributed by atoms with E-state index in [4.69, 9.17) is 32.7 Å². The summed E-state index contributed by atoms with van der Waals surface area (Å²) in [5, 5.41) is 0.841. The lowest BCUT2D eigenvalue weighted by atomic mass is 9.98. The largest absolute Gasteiger partial charge is 0.493 e. The van der Waals surface area contributed by atoms with Gasteiger partial charge in [-0.15, -0.1) is 0 Å². The van der Waals surface area contributed by atoms with Crippen molar-refractivity contribution >= 4 is 28.8 Å². The zero-order chi connectivity index (χ0) is 20.7. The summed E-state index contributed by atoms with van der Waals surface area (Å²) in [4.78, 5) is 19.5. The maximum absolute atomic E-state index is 12.6. The minimum absolute atomic E-state index is 0.197. The molecule has 6 nitrogen and oxygen atoms in total. The number of hydrogen-bond donors (Lipinski definition) is 0. The van der Waals surface area contributed by atoms with Gasteiger partial charge in [-0.3, -0.25) is 14.1 Å². The fourth-order valence-corrected chi connectivity index (χ4v) is 4.16. The van der Waals surface area contributed by atoms with Crippen LogP contribution >= 0.6 is 23.2 Å². The van der Waals surface area contributed by atoms with Gasteiger partial charge < -0.3 is 9.47 Å². The smallest absolute Gasteiger partial charge is 0.258 e. The molecule has 4 rings (SSSR count). The molecule has 0 saturated heterocycles. The van der Waals surface area contributed by atoms with Gasteiger partial charge in [0.15, 0.2) is 17.1 Å². The first-order valence-corrected chi connectivity index (χ1v) is 10.00. The third-order valence-corrected chi connectivity index (χ3v) is 6.15. The lowest BCUT2D eigenvalue weighted by Crippen LogP contribution is -2.31. The Labute approximate surface area is 178 Å². The Morgan fingerprint density at radius 2 is 1.79 bits per heavy atom. The van der Waals surface area contributed by atoms with Gasteiger partial charge in [-0.25, -0.2) is 4.98 Å². The summed E-state index contributed by atoms with van der Waals surface area (Å²) < 4.78 is 12.2. The number of aromatic nitrogens is 2. The lowest BCUT2D eigenvalue weighted by Gasteiger charge is -2.29. The van der Waals surface area contributed by atoms with Gasteiger partial charge >= 0.3 is 0 Å². The normalized spacial score (nSPS) is 14.1. The Bertz CT molecular complexity index is 1160. The van der Waals surface area contributed by atoms with Crippen LogP contribution in [-0.4, -0.2) is 35.0 Å². The highest BCUT2D eigenvalue weighted by Gasteiger charge is 2.21. The van der Waals surface area contributed by atoms with E-state index in [2.05, 4.69) is 9.88 Å². The van der Waals surface area contributed by atoms with Crippen LogP contribution in [0, 0.1) is 6.92 Å². The Hall–Kier alpha value is -2.28. The Balaban J connectivity index is 1.64. The van der Waals surface area contributed by atoms with Crippen molar-refractivity contribution in [3.8, 4) is 11.5 Å². The lowest BCUT2D eigenvalue weighted by molar-refractivity contribution is 0.241. The van der Waals surface area contributed by atoms with E-state index in [9.17, 15) is 4.79 Å². The van der Waals surface area contributed by atoms with E-state index in [1.54, 1.807) is 26.5 Å². The second-order valence-electron chi connectivity index (χ2n) is 7.13. The Kier molecular flexibility index (Phi) is 5.42. The number of pyridine rings is 1. The van der Waals surface area contributed by atoms with Crippen LogP contribution in [0.2, 0.25) is 10.0 Å². The van der Waals surface area contributed by atoms with E-state index in [0.29, 0.717) is 39.2 Å². The molecule has 29 heavy (non-hydrogen) atoms. The zero-order valence-electron chi connectivity index (χ0n) is 16.5. The Morgan fingerprint density at radius 1 is 1.10 bits per heavy atom. The highest BCUT2D eigenvalue weighted by atomic mass is 35.5. The minimum atomic E-state index is -0.197. The molecule has 2 aromatic heterocycles. The van der Waals surface area contributed by atoms with Crippen molar-refractivity contribution in [2.75, 3.05) is 20.8 Å². The van der Waals surface area contributed by atoms with Crippen LogP contribution in [-0.2, 0) is 19.5 Å². The molecule has 8 heteroatoms. The van der Waals surface area contributed by atoms with Crippen LogP contribution < -0.4 is 15.0 Å². The monoisotopic (exact) mass is 433 g/mol. The van der Waals surface area contributed by atoms with Gasteiger partial charge in [0.2, 0.25) is 0 Å². The van der Waals surface area contributed by atoms with Crippen molar-refractivity contribution in [1.29, 1.82) is 0 Å². The van der Waals surface area contributed by atoms with Crippen LogP contribution in [0.1, 0.15) is 22.4 Å². The fourth-order valence-electron chi connectivity index (χ4n) is 3.69. The van der Waals surface area contributed by atoms with E-state index in [0.717, 1.165) is 25.3 Å². The first-order chi connectivity index (χ1) is 13.9. The summed E-state index contributed by atoms with van der Waals surface area (Å²) in [7, 11) is 3.28. The molecule has 3 heterocycles. The van der Waals surface area contributed by atoms with Gasteiger partial charge in [0.1, 0.15) is 0 Å². The Morgan fingerprint density at radius 3 is 2.48 bits per heavy atom. The average molecular weight is 434 g/mol. The highest BCUT2D eigenvalue weighted by Crippen LogP contribution is 2.33. The molecule has 0 N–H and O–H groups in total. The van der Waals surface area contributed by atoms with Crippen LogP contribution in [0.4, 0.5) is 0 Å². The summed E-state index contributed by atoms with van der Waals surface area (Å²) in [6.07, 6.45) is 2.45. The third-order valence-electron chi connectivity index (χ3n) is 5.31. The van der Waals surface area contributed by atoms with Gasteiger partial charge in [-0.05, 0) is 42.2 Å². The highest BCUT2D eigenvalue weighted by molar-refractivity contribution is 6.37. The van der Waals surface area contributed by atoms with Crippen LogP contribution in [0.15, 0.2) is 29.2 Å². The van der Waals surface area contributed by atoms with Crippen LogP contribution in [0.3, 0.4) is 0 Å². The molecule has 1 aliphatic heterocycles. The van der Waals surface area contributed by atoms with Gasteiger partial charge in [0.05, 0.1) is 30.0 Å².